The molecule has 0 amide bonds. The van der Waals surface area contributed by atoms with Crippen molar-refractivity contribution in [1.82, 2.24) is 24.5 Å². The van der Waals surface area contributed by atoms with Crippen molar-refractivity contribution in [3.05, 3.63) is 92.0 Å². The quantitative estimate of drug-likeness (QED) is 0.268. The zero-order valence-electron chi connectivity index (χ0n) is 18.2. The summed E-state index contributed by atoms with van der Waals surface area (Å²) in [4.78, 5) is 31.2. The van der Waals surface area contributed by atoms with E-state index in [2.05, 4.69) is 10.3 Å². The van der Waals surface area contributed by atoms with Crippen LogP contribution in [0.3, 0.4) is 0 Å². The Morgan fingerprint density at radius 1 is 0.971 bits per heavy atom. The number of methoxy groups -OCH3 is 1. The summed E-state index contributed by atoms with van der Waals surface area (Å²) < 4.78 is 8.27. The number of hydrogen-bond donors (Lipinski definition) is 0. The predicted octanol–water partition coefficient (Wildman–Crippen LogP) is 4.21. The van der Waals surface area contributed by atoms with E-state index in [4.69, 9.17) is 21.3 Å². The van der Waals surface area contributed by atoms with Gasteiger partial charge in [0.2, 0.25) is 0 Å². The molecular formula is C24H18ClN5O3S. The number of hydrogen-bond acceptors (Lipinski definition) is 7. The summed E-state index contributed by atoms with van der Waals surface area (Å²) in [6.45, 7) is 1.93. The van der Waals surface area contributed by atoms with Crippen molar-refractivity contribution in [3.8, 4) is 11.4 Å². The largest absolute Gasteiger partial charge is 0.495 e. The minimum absolute atomic E-state index is 0.101. The number of aromatic nitrogens is 5. The van der Waals surface area contributed by atoms with Crippen molar-refractivity contribution < 1.29 is 4.74 Å². The summed E-state index contributed by atoms with van der Waals surface area (Å²) in [5, 5.41) is 9.89. The van der Waals surface area contributed by atoms with Gasteiger partial charge in [-0.25, -0.2) is 4.98 Å². The third-order valence-electron chi connectivity index (χ3n) is 5.32. The van der Waals surface area contributed by atoms with E-state index < -0.39 is 0 Å². The van der Waals surface area contributed by atoms with Gasteiger partial charge in [-0.2, -0.15) is 4.68 Å². The Morgan fingerprint density at radius 3 is 2.59 bits per heavy atom. The SMILES string of the molecule is COc1ccc(C)cc1-n1c(SCn2nnc3ccccc3c2=O)nc2cc(Cl)ccc2c1=O. The highest BCUT2D eigenvalue weighted by Gasteiger charge is 2.18. The van der Waals surface area contributed by atoms with Gasteiger partial charge in [0.15, 0.2) is 5.16 Å². The lowest BCUT2D eigenvalue weighted by Crippen LogP contribution is -2.25. The molecule has 0 saturated carbocycles. The first kappa shape index (κ1) is 22.1. The molecule has 0 radical (unpaired) electrons. The average Bonchev–Trinajstić information content (AvgIpc) is 2.83. The number of aryl methyl sites for hydroxylation is 1. The lowest BCUT2D eigenvalue weighted by Gasteiger charge is -2.16. The highest BCUT2D eigenvalue weighted by Crippen LogP contribution is 2.29. The molecule has 0 aliphatic rings. The topological polar surface area (TPSA) is 91.9 Å². The van der Waals surface area contributed by atoms with Crippen LogP contribution in [-0.4, -0.2) is 31.7 Å². The van der Waals surface area contributed by atoms with Gasteiger partial charge in [-0.05, 0) is 55.0 Å². The highest BCUT2D eigenvalue weighted by atomic mass is 35.5. The second-order valence-corrected chi connectivity index (χ2v) is 8.90. The van der Waals surface area contributed by atoms with Crippen molar-refractivity contribution in [2.24, 2.45) is 0 Å². The molecule has 5 rings (SSSR count). The van der Waals surface area contributed by atoms with Gasteiger partial charge in [-0.3, -0.25) is 14.2 Å². The van der Waals surface area contributed by atoms with Crippen LogP contribution < -0.4 is 15.9 Å². The minimum atomic E-state index is -0.274. The molecule has 0 unspecified atom stereocenters. The summed E-state index contributed by atoms with van der Waals surface area (Å²) >= 11 is 7.35. The molecular weight excluding hydrogens is 474 g/mol. The standard InChI is InChI=1S/C24H18ClN5O3S/c1-14-7-10-21(33-2)20(11-14)30-23(32)17-9-8-15(25)12-19(17)26-24(30)34-13-29-22(31)16-5-3-4-6-18(16)27-28-29/h3-12H,13H2,1-2H3. The van der Waals surface area contributed by atoms with Crippen LogP contribution >= 0.6 is 23.4 Å². The number of halogens is 1. The second kappa shape index (κ2) is 8.92. The number of fused-ring (bicyclic) bond motifs is 2. The van der Waals surface area contributed by atoms with Crippen LogP contribution in [0, 0.1) is 6.92 Å². The van der Waals surface area contributed by atoms with Gasteiger partial charge in [0.25, 0.3) is 11.1 Å². The first-order valence-electron chi connectivity index (χ1n) is 10.3. The van der Waals surface area contributed by atoms with Crippen LogP contribution in [-0.2, 0) is 5.88 Å². The van der Waals surface area contributed by atoms with Gasteiger partial charge in [-0.1, -0.05) is 46.8 Å². The average molecular weight is 492 g/mol. The summed E-state index contributed by atoms with van der Waals surface area (Å²) in [6, 6.07) is 17.5. The van der Waals surface area contributed by atoms with Crippen molar-refractivity contribution in [1.29, 1.82) is 0 Å². The van der Waals surface area contributed by atoms with Gasteiger partial charge < -0.3 is 4.74 Å². The Labute approximate surface area is 202 Å². The van der Waals surface area contributed by atoms with E-state index in [-0.39, 0.29) is 17.0 Å². The van der Waals surface area contributed by atoms with E-state index in [9.17, 15) is 9.59 Å². The molecule has 8 nitrogen and oxygen atoms in total. The maximum atomic E-state index is 13.6. The molecule has 10 heteroatoms. The van der Waals surface area contributed by atoms with Crippen LogP contribution in [0.1, 0.15) is 5.56 Å². The molecule has 0 aliphatic carbocycles. The molecule has 0 aliphatic heterocycles. The fraction of sp³-hybridized carbons (Fsp3) is 0.125. The first-order valence-corrected chi connectivity index (χ1v) is 11.7. The van der Waals surface area contributed by atoms with E-state index in [1.165, 1.54) is 21.0 Å². The highest BCUT2D eigenvalue weighted by molar-refractivity contribution is 7.98. The van der Waals surface area contributed by atoms with E-state index in [0.29, 0.717) is 43.4 Å². The number of benzene rings is 3. The van der Waals surface area contributed by atoms with Gasteiger partial charge in [-0.15, -0.1) is 5.10 Å². The molecule has 0 atom stereocenters. The lowest BCUT2D eigenvalue weighted by atomic mass is 10.2. The maximum absolute atomic E-state index is 13.6. The third-order valence-corrected chi connectivity index (χ3v) is 6.46. The summed E-state index contributed by atoms with van der Waals surface area (Å²) in [7, 11) is 1.55. The van der Waals surface area contributed by atoms with Crippen LogP contribution in [0.25, 0.3) is 27.5 Å². The normalized spacial score (nSPS) is 11.3. The van der Waals surface area contributed by atoms with Gasteiger partial charge in [0.1, 0.15) is 11.3 Å². The zero-order chi connectivity index (χ0) is 23.8. The number of nitrogens with zero attached hydrogens (tertiary/aromatic N) is 5. The molecule has 0 spiro atoms. The van der Waals surface area contributed by atoms with E-state index in [1.54, 1.807) is 55.6 Å². The van der Waals surface area contributed by atoms with Crippen molar-refractivity contribution in [2.75, 3.05) is 7.11 Å². The molecule has 0 fully saturated rings. The molecule has 2 heterocycles. The molecule has 0 saturated heterocycles. The van der Waals surface area contributed by atoms with Crippen LogP contribution in [0.5, 0.6) is 5.75 Å². The van der Waals surface area contributed by atoms with Crippen molar-refractivity contribution >= 4 is 45.2 Å². The zero-order valence-corrected chi connectivity index (χ0v) is 19.8. The van der Waals surface area contributed by atoms with E-state index in [1.807, 2.05) is 19.1 Å². The number of rotatable bonds is 5. The first-order chi connectivity index (χ1) is 16.5. The van der Waals surface area contributed by atoms with Gasteiger partial charge >= 0.3 is 0 Å². The smallest absolute Gasteiger partial charge is 0.278 e. The molecule has 2 aromatic heterocycles. The maximum Gasteiger partial charge on any atom is 0.278 e. The van der Waals surface area contributed by atoms with Gasteiger partial charge in [0.05, 0.1) is 35.0 Å². The Hall–Kier alpha value is -3.69. The molecule has 34 heavy (non-hydrogen) atoms. The van der Waals surface area contributed by atoms with Crippen molar-refractivity contribution in [3.63, 3.8) is 0 Å². The molecule has 0 bridgehead atoms. The monoisotopic (exact) mass is 491 g/mol. The van der Waals surface area contributed by atoms with Crippen molar-refractivity contribution in [2.45, 2.75) is 18.0 Å². The second-order valence-electron chi connectivity index (χ2n) is 7.56. The third kappa shape index (κ3) is 3.93. The molecule has 3 aromatic carbocycles. The van der Waals surface area contributed by atoms with E-state index >= 15 is 0 Å². The lowest BCUT2D eigenvalue weighted by molar-refractivity contribution is 0.411. The van der Waals surface area contributed by atoms with E-state index in [0.717, 1.165) is 5.56 Å². The summed E-state index contributed by atoms with van der Waals surface area (Å²) in [6.07, 6.45) is 0. The fourth-order valence-electron chi connectivity index (χ4n) is 3.65. The fourth-order valence-corrected chi connectivity index (χ4v) is 4.70. The predicted molar refractivity (Wildman–Crippen MR) is 133 cm³/mol. The number of thioether (sulfide) groups is 1. The van der Waals surface area contributed by atoms with Crippen LogP contribution in [0.4, 0.5) is 0 Å². The Bertz CT molecular complexity index is 1680. The van der Waals surface area contributed by atoms with Crippen LogP contribution in [0.15, 0.2) is 75.4 Å². The molecule has 0 N–H and O–H groups in total. The Morgan fingerprint density at radius 2 is 1.76 bits per heavy atom. The summed E-state index contributed by atoms with van der Waals surface area (Å²) in [5.74, 6) is 0.621. The number of ether oxygens (including phenoxy) is 1. The van der Waals surface area contributed by atoms with Gasteiger partial charge in [0, 0.05) is 5.02 Å². The summed E-state index contributed by atoms with van der Waals surface area (Å²) in [5.41, 5.74) is 1.94. The Kier molecular flexibility index (Phi) is 5.80. The van der Waals surface area contributed by atoms with Crippen LogP contribution in [0.2, 0.25) is 5.02 Å². The molecule has 5 aromatic rings. The minimum Gasteiger partial charge on any atom is -0.495 e. The molecule has 170 valence electrons. The Balaban J connectivity index is 1.68.